The minimum absolute atomic E-state index is 0.00832. The molecule has 3 N–H and O–H groups in total. The summed E-state index contributed by atoms with van der Waals surface area (Å²) in [4.78, 5) is 33.9. The Morgan fingerprint density at radius 3 is 2.74 bits per heavy atom. The van der Waals surface area contributed by atoms with Gasteiger partial charge in [0.2, 0.25) is 5.91 Å². The van der Waals surface area contributed by atoms with Crippen molar-refractivity contribution in [2.24, 2.45) is 5.92 Å². The van der Waals surface area contributed by atoms with Gasteiger partial charge in [-0.25, -0.2) is 14.4 Å². The molecule has 0 spiro atoms. The monoisotopic (exact) mass is 542 g/mol. The summed E-state index contributed by atoms with van der Waals surface area (Å²) in [5, 5.41) is 9.92. The third-order valence-electron chi connectivity index (χ3n) is 7.00. The van der Waals surface area contributed by atoms with Gasteiger partial charge in [0, 0.05) is 34.3 Å². The van der Waals surface area contributed by atoms with Crippen LogP contribution < -0.4 is 5.32 Å². The van der Waals surface area contributed by atoms with Crippen molar-refractivity contribution in [2.45, 2.75) is 25.7 Å². The Labute approximate surface area is 223 Å². The normalized spacial score (nSPS) is 14.0. The molecule has 1 aliphatic carbocycles. The third-order valence-corrected chi connectivity index (χ3v) is 7.91. The molecule has 0 aliphatic heterocycles. The van der Waals surface area contributed by atoms with E-state index in [0.29, 0.717) is 38.6 Å². The van der Waals surface area contributed by atoms with E-state index < -0.39 is 5.82 Å². The fourth-order valence-electron chi connectivity index (χ4n) is 5.11. The van der Waals surface area contributed by atoms with Crippen LogP contribution in [0.1, 0.15) is 25.7 Å². The number of carbonyl (C=O) groups is 1. The average molecular weight is 543 g/mol. The summed E-state index contributed by atoms with van der Waals surface area (Å²) >= 11 is 1.01. The molecule has 0 saturated heterocycles. The molecule has 39 heavy (non-hydrogen) atoms. The number of nitrogens with one attached hydrogen (secondary N) is 3. The highest BCUT2D eigenvalue weighted by Crippen LogP contribution is 2.36. The van der Waals surface area contributed by atoms with Crippen LogP contribution in [0, 0.1) is 16.9 Å². The van der Waals surface area contributed by atoms with Crippen molar-refractivity contribution in [3.8, 4) is 33.2 Å². The van der Waals surface area contributed by atoms with Gasteiger partial charge >= 0.3 is 0 Å². The molecule has 9 nitrogen and oxygen atoms in total. The second-order valence-corrected chi connectivity index (χ2v) is 10.5. The molecule has 0 radical (unpaired) electrons. The number of aromatic amines is 2. The van der Waals surface area contributed by atoms with E-state index in [1.807, 2.05) is 0 Å². The molecule has 0 unspecified atom stereocenters. The lowest BCUT2D eigenvalue weighted by molar-refractivity contribution is -0.119. The second kappa shape index (κ2) is 9.31. The molecule has 12 heteroatoms. The van der Waals surface area contributed by atoms with Crippen LogP contribution in [0.15, 0.2) is 49.1 Å². The standard InChI is InChI=1S/C27H20F2N8OS/c28-19-6-5-18(39-19)16-7-8-31-25-23(16)34-26(35-25)24-20-17(36-37-24)12-32-22(21(20)29)14-9-15(11-30-10-14)33-27(38)13-3-1-2-4-13/h5-13H,1-4H2,(H,33,38)(H,36,37)(H,31,34,35). The minimum Gasteiger partial charge on any atom is -0.335 e. The highest BCUT2D eigenvalue weighted by Gasteiger charge is 2.24. The Bertz CT molecular complexity index is 1870. The van der Waals surface area contributed by atoms with Crippen molar-refractivity contribution >= 4 is 45.0 Å². The van der Waals surface area contributed by atoms with Crippen LogP contribution >= 0.6 is 11.3 Å². The number of thiophene rings is 1. The van der Waals surface area contributed by atoms with Gasteiger partial charge in [0.1, 0.15) is 11.4 Å². The third kappa shape index (κ3) is 4.13. The number of pyridine rings is 3. The minimum atomic E-state index is -0.605. The number of imidazole rings is 1. The molecule has 0 aromatic carbocycles. The predicted octanol–water partition coefficient (Wildman–Crippen LogP) is 6.09. The molecule has 1 saturated carbocycles. The molecule has 6 aromatic heterocycles. The van der Waals surface area contributed by atoms with E-state index >= 15 is 4.39 Å². The summed E-state index contributed by atoms with van der Waals surface area (Å²) in [5.41, 5.74) is 3.34. The highest BCUT2D eigenvalue weighted by molar-refractivity contribution is 7.14. The molecule has 6 heterocycles. The van der Waals surface area contributed by atoms with Gasteiger partial charge in [-0.05, 0) is 37.1 Å². The van der Waals surface area contributed by atoms with Gasteiger partial charge < -0.3 is 10.3 Å². The highest BCUT2D eigenvalue weighted by atomic mass is 32.1. The fraction of sp³-hybridized carbons (Fsp3) is 0.185. The first kappa shape index (κ1) is 23.5. The Kier molecular flexibility index (Phi) is 5.62. The molecule has 6 aromatic rings. The van der Waals surface area contributed by atoms with E-state index in [4.69, 9.17) is 0 Å². The quantitative estimate of drug-likeness (QED) is 0.242. The van der Waals surface area contributed by atoms with Crippen LogP contribution in [0.25, 0.3) is 55.3 Å². The van der Waals surface area contributed by atoms with Gasteiger partial charge in [-0.1, -0.05) is 12.8 Å². The molecular weight excluding hydrogens is 522 g/mol. The Hall–Kier alpha value is -4.58. The van der Waals surface area contributed by atoms with Gasteiger partial charge in [-0.2, -0.15) is 9.49 Å². The van der Waals surface area contributed by atoms with Crippen LogP contribution in [0.2, 0.25) is 0 Å². The van der Waals surface area contributed by atoms with Crippen molar-refractivity contribution in [3.05, 3.63) is 60.0 Å². The summed E-state index contributed by atoms with van der Waals surface area (Å²) in [6.45, 7) is 0. The number of aromatic nitrogens is 7. The van der Waals surface area contributed by atoms with Crippen LogP contribution in [-0.2, 0) is 4.79 Å². The van der Waals surface area contributed by atoms with Crippen molar-refractivity contribution in [1.82, 2.24) is 35.1 Å². The Morgan fingerprint density at radius 1 is 1.05 bits per heavy atom. The van der Waals surface area contributed by atoms with Crippen molar-refractivity contribution in [2.75, 3.05) is 5.32 Å². The summed E-state index contributed by atoms with van der Waals surface area (Å²) in [6, 6.07) is 6.52. The van der Waals surface area contributed by atoms with Crippen molar-refractivity contribution in [1.29, 1.82) is 0 Å². The molecule has 194 valence electrons. The lowest BCUT2D eigenvalue weighted by Gasteiger charge is -2.11. The number of carbonyl (C=O) groups excluding carboxylic acids is 1. The van der Waals surface area contributed by atoms with E-state index in [2.05, 4.69) is 40.4 Å². The number of anilines is 1. The first-order chi connectivity index (χ1) is 19.0. The van der Waals surface area contributed by atoms with Gasteiger partial charge in [-0.3, -0.25) is 19.9 Å². The smallest absolute Gasteiger partial charge is 0.227 e. The van der Waals surface area contributed by atoms with E-state index in [0.717, 1.165) is 42.6 Å². The first-order valence-electron chi connectivity index (χ1n) is 12.4. The number of nitrogens with zero attached hydrogens (tertiary/aromatic N) is 5. The zero-order valence-electron chi connectivity index (χ0n) is 20.3. The topological polar surface area (TPSA) is 125 Å². The van der Waals surface area contributed by atoms with E-state index in [1.165, 1.54) is 24.7 Å². The van der Waals surface area contributed by atoms with E-state index in [9.17, 15) is 9.18 Å². The summed E-state index contributed by atoms with van der Waals surface area (Å²) in [7, 11) is 0. The number of fused-ring (bicyclic) bond motifs is 2. The van der Waals surface area contributed by atoms with E-state index in [1.54, 1.807) is 24.4 Å². The second-order valence-electron chi connectivity index (χ2n) is 9.46. The maximum Gasteiger partial charge on any atom is 0.227 e. The van der Waals surface area contributed by atoms with E-state index in [-0.39, 0.29) is 33.7 Å². The summed E-state index contributed by atoms with van der Waals surface area (Å²) in [5.74, 6) is -0.354. The predicted molar refractivity (Wildman–Crippen MR) is 144 cm³/mol. The van der Waals surface area contributed by atoms with Crippen LogP contribution in [0.3, 0.4) is 0 Å². The van der Waals surface area contributed by atoms with Crippen molar-refractivity contribution in [3.63, 3.8) is 0 Å². The molecule has 7 rings (SSSR count). The lowest BCUT2D eigenvalue weighted by Crippen LogP contribution is -2.20. The van der Waals surface area contributed by atoms with Crippen LogP contribution in [0.5, 0.6) is 0 Å². The Morgan fingerprint density at radius 2 is 1.92 bits per heavy atom. The molecular formula is C27H20F2N8OS. The number of rotatable bonds is 5. The average Bonchev–Trinajstić information content (AvgIpc) is 3.75. The summed E-state index contributed by atoms with van der Waals surface area (Å²) in [6.07, 6.45) is 9.97. The molecule has 0 atom stereocenters. The van der Waals surface area contributed by atoms with Crippen LogP contribution in [-0.4, -0.2) is 41.0 Å². The SMILES string of the molecule is O=C(Nc1cncc(-c2ncc3[nH]nc(-c4nc5nccc(-c6ccc(F)s6)c5[nH]4)c3c2F)c1)C1CCCC1. The maximum atomic E-state index is 16.0. The zero-order valence-corrected chi connectivity index (χ0v) is 21.1. The fourth-order valence-corrected chi connectivity index (χ4v) is 5.87. The summed E-state index contributed by atoms with van der Waals surface area (Å²) < 4.78 is 29.7. The lowest BCUT2D eigenvalue weighted by atomic mass is 10.1. The first-order valence-corrected chi connectivity index (χ1v) is 13.3. The molecule has 1 fully saturated rings. The number of halogens is 2. The largest absolute Gasteiger partial charge is 0.335 e. The number of hydrogen-bond donors (Lipinski definition) is 3. The molecule has 0 bridgehead atoms. The number of hydrogen-bond acceptors (Lipinski definition) is 7. The van der Waals surface area contributed by atoms with Crippen LogP contribution in [0.4, 0.5) is 14.5 Å². The van der Waals surface area contributed by atoms with Gasteiger partial charge in [0.05, 0.1) is 34.5 Å². The molecule has 1 amide bonds. The van der Waals surface area contributed by atoms with Gasteiger partial charge in [-0.15, -0.1) is 11.3 Å². The van der Waals surface area contributed by atoms with Gasteiger partial charge in [0.15, 0.2) is 22.4 Å². The maximum absolute atomic E-state index is 16.0. The van der Waals surface area contributed by atoms with Gasteiger partial charge in [0.25, 0.3) is 0 Å². The number of H-pyrrole nitrogens is 2. The Balaban J connectivity index is 1.28. The zero-order chi connectivity index (χ0) is 26.5. The van der Waals surface area contributed by atoms with Crippen molar-refractivity contribution < 1.29 is 13.6 Å². The molecule has 1 aliphatic rings. The number of amides is 1.